The first kappa shape index (κ1) is 16.4. The quantitative estimate of drug-likeness (QED) is 0.724. The molecule has 120 valence electrons. The molecule has 2 aromatic rings. The van der Waals surface area contributed by atoms with Crippen LogP contribution in [0.1, 0.15) is 5.56 Å². The lowest BCUT2D eigenvalue weighted by molar-refractivity contribution is 0.272. The maximum Gasteiger partial charge on any atom is 0.0680 e. The SMILES string of the molecule is Clc1ccc(N2CCN(N=Cc3cccc(Cl)c3Cl)CC2)cc1. The zero-order valence-electron chi connectivity index (χ0n) is 12.4. The maximum atomic E-state index is 6.17. The molecule has 0 amide bonds. The molecule has 0 spiro atoms. The molecule has 2 aromatic carbocycles. The molecule has 0 aliphatic carbocycles. The summed E-state index contributed by atoms with van der Waals surface area (Å²) in [6, 6.07) is 13.5. The molecule has 0 N–H and O–H groups in total. The average Bonchev–Trinajstić information content (AvgIpc) is 2.57. The third kappa shape index (κ3) is 4.11. The number of piperazine rings is 1. The summed E-state index contributed by atoms with van der Waals surface area (Å²) in [4.78, 5) is 2.33. The lowest BCUT2D eigenvalue weighted by Gasteiger charge is -2.34. The Hall–Kier alpha value is -1.42. The zero-order valence-corrected chi connectivity index (χ0v) is 14.7. The Morgan fingerprint density at radius 3 is 2.26 bits per heavy atom. The summed E-state index contributed by atoms with van der Waals surface area (Å²) in [5, 5.41) is 8.40. The van der Waals surface area contributed by atoms with Crippen LogP contribution in [0.5, 0.6) is 0 Å². The van der Waals surface area contributed by atoms with Crippen LogP contribution in [0, 0.1) is 0 Å². The molecular formula is C17H16Cl3N3. The molecule has 1 saturated heterocycles. The fourth-order valence-electron chi connectivity index (χ4n) is 2.49. The van der Waals surface area contributed by atoms with Crippen molar-refractivity contribution in [3.8, 4) is 0 Å². The number of nitrogens with zero attached hydrogens (tertiary/aromatic N) is 3. The van der Waals surface area contributed by atoms with E-state index in [0.717, 1.165) is 36.8 Å². The molecule has 3 nitrogen and oxygen atoms in total. The minimum absolute atomic E-state index is 0.540. The van der Waals surface area contributed by atoms with Gasteiger partial charge in [-0.3, -0.25) is 5.01 Å². The number of benzene rings is 2. The Bertz CT molecular complexity index is 693. The van der Waals surface area contributed by atoms with Crippen molar-refractivity contribution >= 4 is 46.7 Å². The standard InChI is InChI=1S/C17H16Cl3N3/c18-14-4-6-15(7-5-14)22-8-10-23(11-9-22)21-12-13-2-1-3-16(19)17(13)20/h1-7,12H,8-11H2. The van der Waals surface area contributed by atoms with Crippen molar-refractivity contribution in [2.24, 2.45) is 5.10 Å². The van der Waals surface area contributed by atoms with E-state index < -0.39 is 0 Å². The minimum Gasteiger partial charge on any atom is -0.368 e. The van der Waals surface area contributed by atoms with Crippen molar-refractivity contribution < 1.29 is 0 Å². The number of anilines is 1. The molecule has 0 bridgehead atoms. The van der Waals surface area contributed by atoms with E-state index in [9.17, 15) is 0 Å². The Morgan fingerprint density at radius 1 is 0.870 bits per heavy atom. The summed E-state index contributed by atoms with van der Waals surface area (Å²) in [6.45, 7) is 3.55. The van der Waals surface area contributed by atoms with E-state index in [1.807, 2.05) is 41.4 Å². The lowest BCUT2D eigenvalue weighted by Crippen LogP contribution is -2.44. The van der Waals surface area contributed by atoms with Gasteiger partial charge in [0.25, 0.3) is 0 Å². The Kier molecular flexibility index (Phi) is 5.31. The van der Waals surface area contributed by atoms with Crippen molar-refractivity contribution in [2.45, 2.75) is 0 Å². The number of hydrogen-bond donors (Lipinski definition) is 0. The molecule has 1 fully saturated rings. The molecule has 0 unspecified atom stereocenters. The van der Waals surface area contributed by atoms with E-state index in [0.29, 0.717) is 10.0 Å². The van der Waals surface area contributed by atoms with Gasteiger partial charge in [-0.1, -0.05) is 46.9 Å². The second kappa shape index (κ2) is 7.43. The van der Waals surface area contributed by atoms with E-state index in [2.05, 4.69) is 10.0 Å². The molecule has 3 rings (SSSR count). The number of hydrogen-bond acceptors (Lipinski definition) is 3. The highest BCUT2D eigenvalue weighted by Crippen LogP contribution is 2.24. The fraction of sp³-hybridized carbons (Fsp3) is 0.235. The first-order chi connectivity index (χ1) is 11.1. The topological polar surface area (TPSA) is 18.8 Å². The van der Waals surface area contributed by atoms with E-state index in [1.165, 1.54) is 5.69 Å². The second-order valence-electron chi connectivity index (χ2n) is 5.30. The second-order valence-corrected chi connectivity index (χ2v) is 6.53. The molecule has 0 aromatic heterocycles. The third-order valence-corrected chi connectivity index (χ3v) is 4.87. The minimum atomic E-state index is 0.540. The molecule has 6 heteroatoms. The van der Waals surface area contributed by atoms with E-state index in [-0.39, 0.29) is 0 Å². The van der Waals surface area contributed by atoms with Gasteiger partial charge in [0.05, 0.1) is 29.3 Å². The maximum absolute atomic E-state index is 6.17. The normalized spacial score (nSPS) is 15.4. The van der Waals surface area contributed by atoms with Gasteiger partial charge in [0, 0.05) is 29.4 Å². The van der Waals surface area contributed by atoms with E-state index >= 15 is 0 Å². The summed E-state index contributed by atoms with van der Waals surface area (Å²) in [6.07, 6.45) is 1.77. The number of halogens is 3. The van der Waals surface area contributed by atoms with Gasteiger partial charge in [-0.05, 0) is 30.3 Å². The molecule has 1 aliphatic heterocycles. The van der Waals surface area contributed by atoms with Crippen molar-refractivity contribution in [3.05, 3.63) is 63.1 Å². The van der Waals surface area contributed by atoms with Crippen molar-refractivity contribution in [1.29, 1.82) is 0 Å². The van der Waals surface area contributed by atoms with Gasteiger partial charge in [-0.25, -0.2) is 0 Å². The molecular weight excluding hydrogens is 353 g/mol. The van der Waals surface area contributed by atoms with Crippen LogP contribution in [0.2, 0.25) is 15.1 Å². The molecule has 0 atom stereocenters. The first-order valence-corrected chi connectivity index (χ1v) is 8.50. The lowest BCUT2D eigenvalue weighted by atomic mass is 10.2. The van der Waals surface area contributed by atoms with Crippen LogP contribution >= 0.6 is 34.8 Å². The molecule has 1 heterocycles. The van der Waals surface area contributed by atoms with Crippen LogP contribution in [0.25, 0.3) is 0 Å². The largest absolute Gasteiger partial charge is 0.368 e. The summed E-state index contributed by atoms with van der Waals surface area (Å²) in [7, 11) is 0. The predicted octanol–water partition coefficient (Wildman–Crippen LogP) is 4.80. The highest BCUT2D eigenvalue weighted by molar-refractivity contribution is 6.43. The van der Waals surface area contributed by atoms with Crippen LogP contribution in [-0.4, -0.2) is 37.4 Å². The van der Waals surface area contributed by atoms with Gasteiger partial charge in [0.1, 0.15) is 0 Å². The summed E-state index contributed by atoms with van der Waals surface area (Å²) in [5.74, 6) is 0. The highest BCUT2D eigenvalue weighted by Gasteiger charge is 2.15. The van der Waals surface area contributed by atoms with E-state index in [4.69, 9.17) is 34.8 Å². The summed E-state index contributed by atoms with van der Waals surface area (Å²) < 4.78 is 0. The van der Waals surface area contributed by atoms with Crippen LogP contribution in [0.4, 0.5) is 5.69 Å². The Morgan fingerprint density at radius 2 is 1.57 bits per heavy atom. The van der Waals surface area contributed by atoms with Gasteiger partial charge < -0.3 is 4.90 Å². The third-order valence-electron chi connectivity index (χ3n) is 3.79. The highest BCUT2D eigenvalue weighted by atomic mass is 35.5. The smallest absolute Gasteiger partial charge is 0.0680 e. The van der Waals surface area contributed by atoms with Gasteiger partial charge in [-0.2, -0.15) is 5.10 Å². The van der Waals surface area contributed by atoms with Crippen molar-refractivity contribution in [3.63, 3.8) is 0 Å². The van der Waals surface area contributed by atoms with E-state index in [1.54, 1.807) is 12.3 Å². The van der Waals surface area contributed by atoms with Gasteiger partial charge in [0.15, 0.2) is 0 Å². The first-order valence-electron chi connectivity index (χ1n) is 7.37. The van der Waals surface area contributed by atoms with Crippen LogP contribution < -0.4 is 4.90 Å². The average molecular weight is 369 g/mol. The monoisotopic (exact) mass is 367 g/mol. The molecule has 1 aliphatic rings. The van der Waals surface area contributed by atoms with Crippen molar-refractivity contribution in [2.75, 3.05) is 31.1 Å². The van der Waals surface area contributed by atoms with Crippen LogP contribution in [0.15, 0.2) is 47.6 Å². The summed E-state index contributed by atoms with van der Waals surface area (Å²) in [5.41, 5.74) is 2.02. The van der Waals surface area contributed by atoms with Crippen LogP contribution in [0.3, 0.4) is 0 Å². The predicted molar refractivity (Wildman–Crippen MR) is 99.3 cm³/mol. The number of hydrazone groups is 1. The molecule has 23 heavy (non-hydrogen) atoms. The van der Waals surface area contributed by atoms with Gasteiger partial charge >= 0.3 is 0 Å². The van der Waals surface area contributed by atoms with Gasteiger partial charge in [-0.15, -0.1) is 0 Å². The molecule has 0 radical (unpaired) electrons. The Labute approximate surface area is 151 Å². The van der Waals surface area contributed by atoms with Gasteiger partial charge in [0.2, 0.25) is 0 Å². The Balaban J connectivity index is 1.60. The molecule has 0 saturated carbocycles. The fourth-order valence-corrected chi connectivity index (χ4v) is 2.97. The number of rotatable bonds is 3. The summed E-state index contributed by atoms with van der Waals surface area (Å²) >= 11 is 18.1. The van der Waals surface area contributed by atoms with Crippen LogP contribution in [-0.2, 0) is 0 Å². The van der Waals surface area contributed by atoms with Crippen molar-refractivity contribution in [1.82, 2.24) is 5.01 Å². The zero-order chi connectivity index (χ0) is 16.2.